The molecule has 0 aliphatic carbocycles. The molecule has 0 aliphatic rings. The Hall–Kier alpha value is -2.15. The molecule has 2 aromatic carbocycles. The van der Waals surface area contributed by atoms with Gasteiger partial charge in [-0.3, -0.25) is 4.79 Å². The number of nitrogens with one attached hydrogen (secondary N) is 1. The number of nitrogens with two attached hydrogens (primary N) is 1. The van der Waals surface area contributed by atoms with Gasteiger partial charge in [0.25, 0.3) is 5.91 Å². The van der Waals surface area contributed by atoms with E-state index in [0.29, 0.717) is 17.3 Å². The Morgan fingerprint density at radius 3 is 2.71 bits per heavy atom. The van der Waals surface area contributed by atoms with Crippen LogP contribution in [0.4, 0.5) is 0 Å². The average Bonchev–Trinajstić information content (AvgIpc) is 3.03. The summed E-state index contributed by atoms with van der Waals surface area (Å²) in [7, 11) is 1.60. The van der Waals surface area contributed by atoms with Gasteiger partial charge in [-0.15, -0.1) is 23.7 Å². The van der Waals surface area contributed by atoms with Crippen LogP contribution in [0.2, 0.25) is 0 Å². The fourth-order valence-corrected chi connectivity index (χ4v) is 3.21. The highest BCUT2D eigenvalue weighted by molar-refractivity contribution is 7.20. The zero-order chi connectivity index (χ0) is 16.2. The molecule has 24 heavy (non-hydrogen) atoms. The highest BCUT2D eigenvalue weighted by atomic mass is 35.5. The first kappa shape index (κ1) is 18.2. The summed E-state index contributed by atoms with van der Waals surface area (Å²) in [4.78, 5) is 16.6. The fraction of sp³-hybridized carbons (Fsp3) is 0.176. The third-order valence-corrected chi connectivity index (χ3v) is 4.54. The fourth-order valence-electron chi connectivity index (χ4n) is 2.33. The Bertz CT molecular complexity index is 804. The summed E-state index contributed by atoms with van der Waals surface area (Å²) in [6, 6.07) is 14.9. The number of para-hydroxylation sites is 2. The van der Waals surface area contributed by atoms with Crippen LogP contribution in [0, 0.1) is 0 Å². The molecule has 1 aromatic heterocycles. The number of hydrogen-bond donors (Lipinski definition) is 2. The lowest BCUT2D eigenvalue weighted by Crippen LogP contribution is -2.32. The van der Waals surface area contributed by atoms with Crippen LogP contribution in [0.1, 0.15) is 21.4 Å². The van der Waals surface area contributed by atoms with E-state index in [4.69, 9.17) is 10.5 Å². The number of methoxy groups -OCH3 is 1. The lowest BCUT2D eigenvalue weighted by atomic mass is 10.1. The molecule has 3 aromatic rings. The molecule has 0 unspecified atom stereocenters. The van der Waals surface area contributed by atoms with Crippen molar-refractivity contribution in [2.24, 2.45) is 5.73 Å². The molecule has 1 heterocycles. The summed E-state index contributed by atoms with van der Waals surface area (Å²) in [6.45, 7) is 0.315. The van der Waals surface area contributed by atoms with Gasteiger partial charge in [-0.2, -0.15) is 0 Å². The predicted molar refractivity (Wildman–Crippen MR) is 99.1 cm³/mol. The van der Waals surface area contributed by atoms with Crippen LogP contribution in [0.5, 0.6) is 5.75 Å². The molecule has 0 saturated heterocycles. The molecule has 0 aliphatic heterocycles. The minimum atomic E-state index is -0.343. The minimum Gasteiger partial charge on any atom is -0.496 e. The minimum absolute atomic E-state index is 0. The van der Waals surface area contributed by atoms with Gasteiger partial charge in [0.15, 0.2) is 5.01 Å². The van der Waals surface area contributed by atoms with E-state index in [1.807, 2.05) is 48.5 Å². The molecule has 5 nitrogen and oxygen atoms in total. The number of halogens is 1. The van der Waals surface area contributed by atoms with Gasteiger partial charge in [0.2, 0.25) is 0 Å². The molecular formula is C17H18ClN3O2S. The SMILES string of the molecule is COc1ccccc1[C@@H](N)CNC(=O)c1nc2ccccc2s1.Cl. The second-order valence-corrected chi connectivity index (χ2v) is 6.08. The van der Waals surface area contributed by atoms with Crippen LogP contribution in [0.15, 0.2) is 48.5 Å². The molecule has 0 radical (unpaired) electrons. The average molecular weight is 364 g/mol. The number of carbonyl (C=O) groups is 1. The molecule has 7 heteroatoms. The number of fused-ring (bicyclic) bond motifs is 1. The largest absolute Gasteiger partial charge is 0.496 e. The topological polar surface area (TPSA) is 77.2 Å². The standard InChI is InChI=1S/C17H17N3O2S.ClH/c1-22-14-8-4-2-6-11(14)12(18)10-19-16(21)17-20-13-7-3-5-9-15(13)23-17;/h2-9,12H,10,18H2,1H3,(H,19,21);1H/t12-;/m0./s1. The summed E-state index contributed by atoms with van der Waals surface area (Å²) in [5.74, 6) is 0.505. The summed E-state index contributed by atoms with van der Waals surface area (Å²) in [5.41, 5.74) is 7.85. The highest BCUT2D eigenvalue weighted by Gasteiger charge is 2.15. The number of thiazole rings is 1. The smallest absolute Gasteiger partial charge is 0.280 e. The second kappa shape index (κ2) is 8.10. The van der Waals surface area contributed by atoms with Gasteiger partial charge in [-0.1, -0.05) is 30.3 Å². The normalized spacial score (nSPS) is 11.6. The van der Waals surface area contributed by atoms with Crippen molar-refractivity contribution in [2.45, 2.75) is 6.04 Å². The predicted octanol–water partition coefficient (Wildman–Crippen LogP) is 3.16. The van der Waals surface area contributed by atoms with Crippen molar-refractivity contribution in [1.82, 2.24) is 10.3 Å². The van der Waals surface area contributed by atoms with Crippen molar-refractivity contribution in [3.8, 4) is 5.75 Å². The third-order valence-electron chi connectivity index (χ3n) is 3.51. The molecule has 3 N–H and O–H groups in total. The van der Waals surface area contributed by atoms with E-state index in [0.717, 1.165) is 15.8 Å². The molecule has 0 saturated carbocycles. The maximum Gasteiger partial charge on any atom is 0.280 e. The van der Waals surface area contributed by atoms with E-state index < -0.39 is 0 Å². The van der Waals surface area contributed by atoms with Gasteiger partial charge in [0.1, 0.15) is 5.75 Å². The first-order valence-corrected chi connectivity index (χ1v) is 8.03. The van der Waals surface area contributed by atoms with E-state index in [9.17, 15) is 4.79 Å². The highest BCUT2D eigenvalue weighted by Crippen LogP contribution is 2.23. The Morgan fingerprint density at radius 2 is 1.96 bits per heavy atom. The number of ether oxygens (including phenoxy) is 1. The first-order chi connectivity index (χ1) is 11.2. The number of nitrogens with zero attached hydrogens (tertiary/aromatic N) is 1. The number of carbonyl (C=O) groups excluding carboxylic acids is 1. The molecule has 3 rings (SSSR count). The maximum atomic E-state index is 12.3. The third kappa shape index (κ3) is 3.84. The van der Waals surface area contributed by atoms with Gasteiger partial charge >= 0.3 is 0 Å². The summed E-state index contributed by atoms with van der Waals surface area (Å²) >= 11 is 1.37. The maximum absolute atomic E-state index is 12.3. The van der Waals surface area contributed by atoms with Crippen LogP contribution in [0.3, 0.4) is 0 Å². The summed E-state index contributed by atoms with van der Waals surface area (Å²) < 4.78 is 6.29. The molecule has 0 fully saturated rings. The number of benzene rings is 2. The van der Waals surface area contributed by atoms with Crippen molar-refractivity contribution < 1.29 is 9.53 Å². The summed E-state index contributed by atoms with van der Waals surface area (Å²) in [6.07, 6.45) is 0. The summed E-state index contributed by atoms with van der Waals surface area (Å²) in [5, 5.41) is 3.28. The van der Waals surface area contributed by atoms with E-state index in [1.165, 1.54) is 11.3 Å². The number of rotatable bonds is 5. The van der Waals surface area contributed by atoms with Crippen molar-refractivity contribution in [1.29, 1.82) is 0 Å². The number of amides is 1. The Balaban J connectivity index is 0.00000208. The number of aromatic nitrogens is 1. The van der Waals surface area contributed by atoms with E-state index in [-0.39, 0.29) is 24.4 Å². The quantitative estimate of drug-likeness (QED) is 0.730. The monoisotopic (exact) mass is 363 g/mol. The molecule has 126 valence electrons. The zero-order valence-electron chi connectivity index (χ0n) is 13.1. The lowest BCUT2D eigenvalue weighted by molar-refractivity contribution is 0.0951. The van der Waals surface area contributed by atoms with Crippen molar-refractivity contribution >= 4 is 39.9 Å². The van der Waals surface area contributed by atoms with Crippen LogP contribution >= 0.6 is 23.7 Å². The van der Waals surface area contributed by atoms with Crippen LogP contribution in [-0.4, -0.2) is 24.5 Å². The van der Waals surface area contributed by atoms with Crippen molar-refractivity contribution in [3.05, 3.63) is 59.1 Å². The Kier molecular flexibility index (Phi) is 6.14. The van der Waals surface area contributed by atoms with Gasteiger partial charge in [-0.05, 0) is 18.2 Å². The molecule has 0 spiro atoms. The first-order valence-electron chi connectivity index (χ1n) is 7.21. The molecule has 1 atom stereocenters. The molecule has 0 bridgehead atoms. The second-order valence-electron chi connectivity index (χ2n) is 5.05. The number of hydrogen-bond acceptors (Lipinski definition) is 5. The van der Waals surface area contributed by atoms with E-state index in [1.54, 1.807) is 7.11 Å². The van der Waals surface area contributed by atoms with Crippen LogP contribution in [0.25, 0.3) is 10.2 Å². The molecular weight excluding hydrogens is 346 g/mol. The Morgan fingerprint density at radius 1 is 1.25 bits per heavy atom. The van der Waals surface area contributed by atoms with Crippen LogP contribution in [-0.2, 0) is 0 Å². The molecule has 1 amide bonds. The van der Waals surface area contributed by atoms with Gasteiger partial charge < -0.3 is 15.8 Å². The van der Waals surface area contributed by atoms with Crippen molar-refractivity contribution in [3.63, 3.8) is 0 Å². The van der Waals surface area contributed by atoms with Gasteiger partial charge in [0.05, 0.1) is 23.4 Å². The Labute approximate surface area is 150 Å². The van der Waals surface area contributed by atoms with Gasteiger partial charge in [-0.25, -0.2) is 4.98 Å². The lowest BCUT2D eigenvalue weighted by Gasteiger charge is -2.15. The van der Waals surface area contributed by atoms with E-state index >= 15 is 0 Å². The van der Waals surface area contributed by atoms with Crippen molar-refractivity contribution in [2.75, 3.05) is 13.7 Å². The van der Waals surface area contributed by atoms with E-state index in [2.05, 4.69) is 10.3 Å². The van der Waals surface area contributed by atoms with Gasteiger partial charge in [0, 0.05) is 12.1 Å². The zero-order valence-corrected chi connectivity index (χ0v) is 14.7. The van der Waals surface area contributed by atoms with Crippen LogP contribution < -0.4 is 15.8 Å².